The first-order chi connectivity index (χ1) is 9.79. The van der Waals surface area contributed by atoms with E-state index < -0.39 is 21.9 Å². The number of nitrogen functional groups attached to an aromatic ring is 1. The zero-order valence-corrected chi connectivity index (χ0v) is 12.8. The first-order valence-electron chi connectivity index (χ1n) is 6.10. The van der Waals surface area contributed by atoms with Crippen LogP contribution in [0.3, 0.4) is 0 Å². The van der Waals surface area contributed by atoms with E-state index >= 15 is 0 Å². The molecule has 8 heteroatoms. The molecule has 0 spiro atoms. The normalized spacial score (nSPS) is 13.1. The number of aliphatic hydroxyl groups is 1. The number of nitrogens with two attached hydrogens (primary N) is 1. The van der Waals surface area contributed by atoms with Crippen LogP contribution in [0.1, 0.15) is 12.5 Å². The summed E-state index contributed by atoms with van der Waals surface area (Å²) in [6, 6.07) is 3.78. The summed E-state index contributed by atoms with van der Waals surface area (Å²) < 4.78 is 40.2. The van der Waals surface area contributed by atoms with E-state index in [0.29, 0.717) is 5.56 Å². The summed E-state index contributed by atoms with van der Waals surface area (Å²) in [4.78, 5) is 0.0702. The van der Waals surface area contributed by atoms with E-state index in [4.69, 9.17) is 5.73 Å². The second-order valence-electron chi connectivity index (χ2n) is 4.65. The Morgan fingerprint density at radius 3 is 2.76 bits per heavy atom. The van der Waals surface area contributed by atoms with Crippen molar-refractivity contribution in [2.45, 2.75) is 24.3 Å². The molecule has 1 heterocycles. The van der Waals surface area contributed by atoms with Gasteiger partial charge in [-0.3, -0.25) is 4.72 Å². The molecule has 1 atom stereocenters. The lowest BCUT2D eigenvalue weighted by atomic mass is 10.1. The number of nitrogens with one attached hydrogen (secondary N) is 1. The van der Waals surface area contributed by atoms with Crippen LogP contribution in [-0.2, 0) is 16.4 Å². The minimum atomic E-state index is -3.83. The summed E-state index contributed by atoms with van der Waals surface area (Å²) >= 11 is 1.23. The Kier molecular flexibility index (Phi) is 4.50. The molecule has 0 saturated carbocycles. The zero-order chi connectivity index (χ0) is 15.6. The highest BCUT2D eigenvalue weighted by atomic mass is 32.2. The van der Waals surface area contributed by atoms with Gasteiger partial charge in [0.1, 0.15) is 5.82 Å². The van der Waals surface area contributed by atoms with Gasteiger partial charge < -0.3 is 10.8 Å². The monoisotopic (exact) mass is 330 g/mol. The van der Waals surface area contributed by atoms with E-state index in [2.05, 4.69) is 4.72 Å². The van der Waals surface area contributed by atoms with Crippen LogP contribution < -0.4 is 10.5 Å². The Labute approximate surface area is 126 Å². The standard InChI is InChI=1S/C13H15FN2O3S2/c1-8(17)4-9-5-13(11(14)6-12(9)15)16-21(18,19)10-2-3-20-7-10/h2-3,5-8,16-17H,4,15H2,1H3. The van der Waals surface area contributed by atoms with E-state index in [1.54, 1.807) is 12.3 Å². The molecule has 5 nitrogen and oxygen atoms in total. The van der Waals surface area contributed by atoms with Crippen molar-refractivity contribution in [3.05, 3.63) is 40.3 Å². The second-order valence-corrected chi connectivity index (χ2v) is 7.11. The molecule has 0 saturated heterocycles. The van der Waals surface area contributed by atoms with Crippen LogP contribution >= 0.6 is 11.3 Å². The number of rotatable bonds is 5. The van der Waals surface area contributed by atoms with Crippen molar-refractivity contribution in [1.82, 2.24) is 0 Å². The van der Waals surface area contributed by atoms with Crippen LogP contribution in [0.4, 0.5) is 15.8 Å². The van der Waals surface area contributed by atoms with Gasteiger partial charge >= 0.3 is 0 Å². The van der Waals surface area contributed by atoms with Gasteiger partial charge in [-0.05, 0) is 36.1 Å². The van der Waals surface area contributed by atoms with Gasteiger partial charge in [-0.1, -0.05) is 0 Å². The lowest BCUT2D eigenvalue weighted by molar-refractivity contribution is 0.195. The van der Waals surface area contributed by atoms with Crippen molar-refractivity contribution < 1.29 is 17.9 Å². The van der Waals surface area contributed by atoms with Gasteiger partial charge in [0.2, 0.25) is 0 Å². The molecule has 1 aromatic heterocycles. The first-order valence-corrected chi connectivity index (χ1v) is 8.53. The molecule has 2 rings (SSSR count). The minimum Gasteiger partial charge on any atom is -0.398 e. The van der Waals surface area contributed by atoms with Gasteiger partial charge in [0, 0.05) is 17.5 Å². The zero-order valence-electron chi connectivity index (χ0n) is 11.2. The highest BCUT2D eigenvalue weighted by molar-refractivity contribution is 7.92. The van der Waals surface area contributed by atoms with Crippen molar-refractivity contribution in [2.24, 2.45) is 0 Å². The maximum atomic E-state index is 13.9. The minimum absolute atomic E-state index is 0.0702. The Hall–Kier alpha value is -1.64. The molecule has 21 heavy (non-hydrogen) atoms. The lowest BCUT2D eigenvalue weighted by Gasteiger charge is -2.13. The van der Waals surface area contributed by atoms with Crippen molar-refractivity contribution >= 4 is 32.7 Å². The van der Waals surface area contributed by atoms with Crippen LogP contribution in [0.2, 0.25) is 0 Å². The van der Waals surface area contributed by atoms with Gasteiger partial charge in [0.25, 0.3) is 10.0 Å². The molecule has 0 fully saturated rings. The average molecular weight is 330 g/mol. The summed E-state index contributed by atoms with van der Waals surface area (Å²) in [5, 5.41) is 12.5. The molecule has 0 radical (unpaired) electrons. The maximum absolute atomic E-state index is 13.9. The predicted molar refractivity (Wildman–Crippen MR) is 81.3 cm³/mol. The molecule has 114 valence electrons. The number of hydrogen-bond donors (Lipinski definition) is 3. The SMILES string of the molecule is CC(O)Cc1cc(NS(=O)(=O)c2ccsc2)c(F)cc1N. The summed E-state index contributed by atoms with van der Waals surface area (Å²) in [5.41, 5.74) is 6.14. The third-order valence-corrected chi connectivity index (χ3v) is 4.99. The number of anilines is 2. The molecular weight excluding hydrogens is 315 g/mol. The number of aliphatic hydroxyl groups excluding tert-OH is 1. The highest BCUT2D eigenvalue weighted by Crippen LogP contribution is 2.26. The third kappa shape index (κ3) is 3.72. The fourth-order valence-corrected chi connectivity index (χ4v) is 3.90. The average Bonchev–Trinajstić information content (AvgIpc) is 2.89. The van der Waals surface area contributed by atoms with Gasteiger partial charge in [-0.15, -0.1) is 0 Å². The Balaban J connectivity index is 2.36. The number of hydrogen-bond acceptors (Lipinski definition) is 5. The molecule has 0 aliphatic carbocycles. The molecule has 0 bridgehead atoms. The van der Waals surface area contributed by atoms with E-state index in [9.17, 15) is 17.9 Å². The van der Waals surface area contributed by atoms with Gasteiger partial charge in [0.05, 0.1) is 16.7 Å². The van der Waals surface area contributed by atoms with Crippen LogP contribution in [0.25, 0.3) is 0 Å². The molecule has 2 aromatic rings. The summed E-state index contributed by atoms with van der Waals surface area (Å²) in [5.74, 6) is -0.763. The molecule has 4 N–H and O–H groups in total. The van der Waals surface area contributed by atoms with E-state index in [1.165, 1.54) is 28.8 Å². The molecule has 1 unspecified atom stereocenters. The molecule has 0 aliphatic heterocycles. The fourth-order valence-electron chi connectivity index (χ4n) is 1.82. The van der Waals surface area contributed by atoms with Crippen molar-refractivity contribution in [2.75, 3.05) is 10.5 Å². The van der Waals surface area contributed by atoms with Crippen LogP contribution in [-0.4, -0.2) is 19.6 Å². The summed E-state index contributed by atoms with van der Waals surface area (Å²) in [7, 11) is -3.83. The van der Waals surface area contributed by atoms with Crippen LogP contribution in [0.5, 0.6) is 0 Å². The van der Waals surface area contributed by atoms with E-state index in [0.717, 1.165) is 6.07 Å². The molecule has 0 aliphatic rings. The third-order valence-electron chi connectivity index (χ3n) is 2.79. The Morgan fingerprint density at radius 1 is 1.48 bits per heavy atom. The number of benzene rings is 1. The smallest absolute Gasteiger partial charge is 0.262 e. The van der Waals surface area contributed by atoms with Crippen molar-refractivity contribution in [3.63, 3.8) is 0 Å². The van der Waals surface area contributed by atoms with Crippen LogP contribution in [0, 0.1) is 5.82 Å². The van der Waals surface area contributed by atoms with Crippen LogP contribution in [0.15, 0.2) is 33.9 Å². The number of sulfonamides is 1. The van der Waals surface area contributed by atoms with E-state index in [-0.39, 0.29) is 22.7 Å². The fraction of sp³-hybridized carbons (Fsp3) is 0.231. The van der Waals surface area contributed by atoms with Crippen molar-refractivity contribution in [3.8, 4) is 0 Å². The van der Waals surface area contributed by atoms with Gasteiger partial charge in [-0.25, -0.2) is 12.8 Å². The quantitative estimate of drug-likeness (QED) is 0.733. The molecule has 1 aromatic carbocycles. The van der Waals surface area contributed by atoms with Crippen molar-refractivity contribution in [1.29, 1.82) is 0 Å². The predicted octanol–water partition coefficient (Wildman–Crippen LogP) is 2.19. The number of halogens is 1. The Morgan fingerprint density at radius 2 is 2.19 bits per heavy atom. The topological polar surface area (TPSA) is 92.4 Å². The van der Waals surface area contributed by atoms with Gasteiger partial charge in [-0.2, -0.15) is 11.3 Å². The largest absolute Gasteiger partial charge is 0.398 e. The summed E-state index contributed by atoms with van der Waals surface area (Å²) in [6.07, 6.45) is -0.460. The number of thiophene rings is 1. The second kappa shape index (κ2) is 6.00. The van der Waals surface area contributed by atoms with Gasteiger partial charge in [0.15, 0.2) is 0 Å². The van der Waals surface area contributed by atoms with E-state index in [1.807, 2.05) is 0 Å². The first kappa shape index (κ1) is 15.7. The highest BCUT2D eigenvalue weighted by Gasteiger charge is 2.18. The lowest BCUT2D eigenvalue weighted by Crippen LogP contribution is -2.14. The summed E-state index contributed by atoms with van der Waals surface area (Å²) in [6.45, 7) is 1.57. The molecule has 0 amide bonds. The Bertz CT molecular complexity index is 728. The molecular formula is C13H15FN2O3S2. The maximum Gasteiger partial charge on any atom is 0.262 e.